The third-order valence-electron chi connectivity index (χ3n) is 4.47. The van der Waals surface area contributed by atoms with Crippen LogP contribution in [-0.2, 0) is 11.3 Å². The molecule has 1 fully saturated rings. The first-order valence-electron chi connectivity index (χ1n) is 8.28. The van der Waals surface area contributed by atoms with E-state index in [4.69, 9.17) is 19.7 Å². The highest BCUT2D eigenvalue weighted by molar-refractivity contribution is 5.85. The summed E-state index contributed by atoms with van der Waals surface area (Å²) in [6, 6.07) is 4.93. The minimum Gasteiger partial charge on any atom is -0.493 e. The van der Waals surface area contributed by atoms with Crippen molar-refractivity contribution in [3.05, 3.63) is 24.1 Å². The van der Waals surface area contributed by atoms with E-state index in [1.807, 2.05) is 0 Å². The largest absolute Gasteiger partial charge is 0.493 e. The summed E-state index contributed by atoms with van der Waals surface area (Å²) < 4.78 is 15.6. The molecule has 0 unspecified atom stereocenters. The maximum Gasteiger partial charge on any atom is 0.246 e. The molecule has 9 nitrogen and oxygen atoms in total. The number of nitrogens with two attached hydrogens (primary N) is 1. The van der Waals surface area contributed by atoms with Gasteiger partial charge < -0.3 is 30.2 Å². The first kappa shape index (κ1) is 20.9. The number of aliphatic hydroxyl groups is 1. The van der Waals surface area contributed by atoms with Gasteiger partial charge in [0.15, 0.2) is 11.5 Å². The van der Waals surface area contributed by atoms with E-state index in [1.54, 1.807) is 32.4 Å². The molecule has 0 bridgehead atoms. The summed E-state index contributed by atoms with van der Waals surface area (Å²) in [7, 11) is 3.10. The fourth-order valence-corrected chi connectivity index (χ4v) is 2.99. The van der Waals surface area contributed by atoms with Crippen LogP contribution in [0.4, 0.5) is 0 Å². The van der Waals surface area contributed by atoms with Gasteiger partial charge in [0.1, 0.15) is 0 Å². The van der Waals surface area contributed by atoms with Crippen molar-refractivity contribution < 1.29 is 23.9 Å². The Kier molecular flexibility index (Phi) is 7.00. The second-order valence-corrected chi connectivity index (χ2v) is 6.20. The normalized spacial score (nSPS) is 21.4. The molecule has 4 N–H and O–H groups in total. The summed E-state index contributed by atoms with van der Waals surface area (Å²) in [6.07, 6.45) is 0.201. The SMILES string of the molecule is COc1ccc(-c2noc(CNC(=O)[C@H]3C[C@H](N)[C@@H](O)C3)n2)cc1OC.Cl. The molecule has 1 aromatic carbocycles. The van der Waals surface area contributed by atoms with Gasteiger partial charge in [-0.25, -0.2) is 0 Å². The summed E-state index contributed by atoms with van der Waals surface area (Å²) in [5, 5.41) is 16.3. The van der Waals surface area contributed by atoms with Crippen LogP contribution in [-0.4, -0.2) is 47.5 Å². The zero-order valence-corrected chi connectivity index (χ0v) is 15.9. The van der Waals surface area contributed by atoms with Crippen molar-refractivity contribution in [2.75, 3.05) is 14.2 Å². The molecule has 0 radical (unpaired) electrons. The maximum atomic E-state index is 12.1. The third kappa shape index (κ3) is 4.68. The van der Waals surface area contributed by atoms with Crippen LogP contribution >= 0.6 is 12.4 Å². The van der Waals surface area contributed by atoms with E-state index < -0.39 is 6.10 Å². The highest BCUT2D eigenvalue weighted by Crippen LogP contribution is 2.31. The molecule has 3 rings (SSSR count). The van der Waals surface area contributed by atoms with Crippen molar-refractivity contribution in [3.63, 3.8) is 0 Å². The Morgan fingerprint density at radius 3 is 2.70 bits per heavy atom. The molecular weight excluding hydrogens is 376 g/mol. The molecule has 1 aliphatic carbocycles. The molecule has 0 aliphatic heterocycles. The van der Waals surface area contributed by atoms with E-state index in [-0.39, 0.29) is 42.7 Å². The van der Waals surface area contributed by atoms with Crippen LogP contribution < -0.4 is 20.5 Å². The van der Waals surface area contributed by atoms with Gasteiger partial charge in [0.2, 0.25) is 17.6 Å². The van der Waals surface area contributed by atoms with Gasteiger partial charge in [-0.3, -0.25) is 4.79 Å². The van der Waals surface area contributed by atoms with Crippen LogP contribution in [0.1, 0.15) is 18.7 Å². The number of aliphatic hydroxyl groups excluding tert-OH is 1. The van der Waals surface area contributed by atoms with Gasteiger partial charge >= 0.3 is 0 Å². The molecule has 1 saturated carbocycles. The zero-order chi connectivity index (χ0) is 18.7. The Bertz CT molecular complexity index is 774. The lowest BCUT2D eigenvalue weighted by Gasteiger charge is -2.08. The summed E-state index contributed by atoms with van der Waals surface area (Å²) in [4.78, 5) is 16.4. The number of amides is 1. The molecular formula is C17H23ClN4O5. The average molecular weight is 399 g/mol. The number of hydrogen-bond donors (Lipinski definition) is 3. The van der Waals surface area contributed by atoms with Crippen LogP contribution in [0.15, 0.2) is 22.7 Å². The van der Waals surface area contributed by atoms with Gasteiger partial charge in [-0.15, -0.1) is 12.4 Å². The molecule has 1 amide bonds. The van der Waals surface area contributed by atoms with E-state index in [2.05, 4.69) is 15.5 Å². The molecule has 1 heterocycles. The average Bonchev–Trinajstić information content (AvgIpc) is 3.26. The Balaban J connectivity index is 0.00000261. The number of ether oxygens (including phenoxy) is 2. The van der Waals surface area contributed by atoms with Crippen LogP contribution in [0.3, 0.4) is 0 Å². The van der Waals surface area contributed by atoms with Crippen molar-refractivity contribution in [1.29, 1.82) is 0 Å². The number of halogens is 1. The second-order valence-electron chi connectivity index (χ2n) is 6.20. The molecule has 27 heavy (non-hydrogen) atoms. The number of carbonyl (C=O) groups excluding carboxylic acids is 1. The smallest absolute Gasteiger partial charge is 0.246 e. The summed E-state index contributed by atoms with van der Waals surface area (Å²) in [6.45, 7) is 0.112. The van der Waals surface area contributed by atoms with Crippen molar-refractivity contribution in [1.82, 2.24) is 15.5 Å². The molecule has 148 valence electrons. The zero-order valence-electron chi connectivity index (χ0n) is 15.0. The van der Waals surface area contributed by atoms with Crippen LogP contribution in [0.5, 0.6) is 11.5 Å². The minimum absolute atomic E-state index is 0. The number of carbonyl (C=O) groups is 1. The predicted octanol–water partition coefficient (Wildman–Crippen LogP) is 0.890. The van der Waals surface area contributed by atoms with Crippen molar-refractivity contribution in [2.45, 2.75) is 31.5 Å². The van der Waals surface area contributed by atoms with E-state index in [9.17, 15) is 9.90 Å². The van der Waals surface area contributed by atoms with Gasteiger partial charge in [-0.2, -0.15) is 4.98 Å². The lowest BCUT2D eigenvalue weighted by molar-refractivity contribution is -0.125. The van der Waals surface area contributed by atoms with Gasteiger partial charge in [-0.05, 0) is 31.0 Å². The Labute approximate surface area is 162 Å². The summed E-state index contributed by atoms with van der Waals surface area (Å²) >= 11 is 0. The Morgan fingerprint density at radius 1 is 1.33 bits per heavy atom. The monoisotopic (exact) mass is 398 g/mol. The molecule has 10 heteroatoms. The molecule has 1 aliphatic rings. The second kappa shape index (κ2) is 9.03. The number of benzene rings is 1. The number of nitrogens with one attached hydrogen (secondary N) is 1. The number of methoxy groups -OCH3 is 2. The van der Waals surface area contributed by atoms with E-state index in [0.717, 1.165) is 0 Å². The van der Waals surface area contributed by atoms with Gasteiger partial charge in [-0.1, -0.05) is 5.16 Å². The first-order valence-corrected chi connectivity index (χ1v) is 8.28. The van der Waals surface area contributed by atoms with E-state index in [0.29, 0.717) is 35.7 Å². The topological polar surface area (TPSA) is 133 Å². The highest BCUT2D eigenvalue weighted by Gasteiger charge is 2.34. The minimum atomic E-state index is -0.634. The quantitative estimate of drug-likeness (QED) is 0.653. The fraction of sp³-hybridized carbons (Fsp3) is 0.471. The maximum absolute atomic E-state index is 12.1. The number of nitrogens with zero attached hydrogens (tertiary/aromatic N) is 2. The van der Waals surface area contributed by atoms with E-state index in [1.165, 1.54) is 0 Å². The predicted molar refractivity (Wildman–Crippen MR) is 98.6 cm³/mol. The van der Waals surface area contributed by atoms with Crippen molar-refractivity contribution >= 4 is 18.3 Å². The summed E-state index contributed by atoms with van der Waals surface area (Å²) in [5.74, 6) is 1.35. The standard InChI is InChI=1S/C17H22N4O5.ClH/c1-24-13-4-3-9(7-14(13)25-2)16-20-15(26-21-16)8-19-17(23)10-5-11(18)12(22)6-10;/h3-4,7,10-12,22H,5-6,8,18H2,1-2H3,(H,19,23);1H/t10-,11-,12-;/m0./s1. The summed E-state index contributed by atoms with van der Waals surface area (Å²) in [5.41, 5.74) is 6.44. The van der Waals surface area contributed by atoms with Crippen LogP contribution in [0.2, 0.25) is 0 Å². The van der Waals surface area contributed by atoms with Gasteiger partial charge in [0, 0.05) is 17.5 Å². The fourth-order valence-electron chi connectivity index (χ4n) is 2.99. The highest BCUT2D eigenvalue weighted by atomic mass is 35.5. The van der Waals surface area contributed by atoms with E-state index >= 15 is 0 Å². The number of rotatable bonds is 6. The van der Waals surface area contributed by atoms with Crippen LogP contribution in [0.25, 0.3) is 11.4 Å². The number of aromatic nitrogens is 2. The van der Waals surface area contributed by atoms with Crippen molar-refractivity contribution in [2.24, 2.45) is 11.7 Å². The lowest BCUT2D eigenvalue weighted by Crippen LogP contribution is -2.30. The Morgan fingerprint density at radius 2 is 2.07 bits per heavy atom. The molecule has 3 atom stereocenters. The lowest BCUT2D eigenvalue weighted by atomic mass is 10.1. The molecule has 2 aromatic rings. The Hall–Kier alpha value is -2.36. The van der Waals surface area contributed by atoms with Gasteiger partial charge in [0.25, 0.3) is 0 Å². The first-order chi connectivity index (χ1) is 12.5. The number of hydrogen-bond acceptors (Lipinski definition) is 8. The molecule has 0 saturated heterocycles. The molecule has 1 aromatic heterocycles. The van der Waals surface area contributed by atoms with Crippen molar-refractivity contribution in [3.8, 4) is 22.9 Å². The van der Waals surface area contributed by atoms with Crippen LogP contribution in [0, 0.1) is 5.92 Å². The molecule has 0 spiro atoms. The third-order valence-corrected chi connectivity index (χ3v) is 4.47. The van der Waals surface area contributed by atoms with Gasteiger partial charge in [0.05, 0.1) is 26.9 Å².